The molecule has 1 N–H and O–H groups in total. The SMILES string of the molecule is CCC(C)Oc1ccccc1C(C)(O)CC(F)(F)C(F)(F)C(F)(F)C(F)(F)C(F)(F)F. The number of rotatable bonds is 9. The normalized spacial score (nSPS) is 17.3. The summed E-state index contributed by atoms with van der Waals surface area (Å²) >= 11 is 0. The highest BCUT2D eigenvalue weighted by atomic mass is 19.4. The Morgan fingerprint density at radius 1 is 0.839 bits per heavy atom. The zero-order chi connectivity index (χ0) is 24.7. The predicted octanol–water partition coefficient (Wildman–Crippen LogP) is 6.57. The van der Waals surface area contributed by atoms with Crippen LogP contribution in [0.4, 0.5) is 48.3 Å². The highest BCUT2D eigenvalue weighted by Crippen LogP contribution is 2.59. The smallest absolute Gasteiger partial charge is 0.460 e. The van der Waals surface area contributed by atoms with Crippen LogP contribution in [0.25, 0.3) is 0 Å². The van der Waals surface area contributed by atoms with E-state index in [2.05, 4.69) is 0 Å². The molecule has 0 saturated heterocycles. The van der Waals surface area contributed by atoms with Crippen molar-refractivity contribution in [3.05, 3.63) is 29.8 Å². The lowest BCUT2D eigenvalue weighted by molar-refractivity contribution is -0.424. The van der Waals surface area contributed by atoms with E-state index in [0.717, 1.165) is 18.2 Å². The van der Waals surface area contributed by atoms with E-state index in [9.17, 15) is 53.4 Å². The molecule has 0 heterocycles. The number of benzene rings is 1. The molecule has 0 saturated carbocycles. The molecule has 0 amide bonds. The highest BCUT2D eigenvalue weighted by Gasteiger charge is 2.87. The fourth-order valence-corrected chi connectivity index (χ4v) is 2.56. The lowest BCUT2D eigenvalue weighted by Gasteiger charge is -2.39. The summed E-state index contributed by atoms with van der Waals surface area (Å²) in [4.78, 5) is 0. The Balaban J connectivity index is 3.41. The van der Waals surface area contributed by atoms with E-state index in [4.69, 9.17) is 4.74 Å². The summed E-state index contributed by atoms with van der Waals surface area (Å²) in [5.41, 5.74) is -3.67. The summed E-state index contributed by atoms with van der Waals surface area (Å²) in [5, 5.41) is 10.3. The third-order valence-corrected chi connectivity index (χ3v) is 4.54. The summed E-state index contributed by atoms with van der Waals surface area (Å²) in [6.45, 7) is 3.66. The zero-order valence-corrected chi connectivity index (χ0v) is 16.3. The second-order valence-corrected chi connectivity index (χ2v) is 7.21. The van der Waals surface area contributed by atoms with Gasteiger partial charge in [0.2, 0.25) is 0 Å². The topological polar surface area (TPSA) is 29.5 Å². The van der Waals surface area contributed by atoms with Crippen molar-refractivity contribution in [3.8, 4) is 5.75 Å². The van der Waals surface area contributed by atoms with Crippen LogP contribution in [0.15, 0.2) is 24.3 Å². The molecule has 0 spiro atoms. The molecule has 180 valence electrons. The molecule has 0 bridgehead atoms. The van der Waals surface area contributed by atoms with Crippen LogP contribution in [-0.2, 0) is 5.60 Å². The van der Waals surface area contributed by atoms with E-state index in [1.807, 2.05) is 0 Å². The van der Waals surface area contributed by atoms with Crippen molar-refractivity contribution in [1.29, 1.82) is 0 Å². The second-order valence-electron chi connectivity index (χ2n) is 7.21. The van der Waals surface area contributed by atoms with Crippen LogP contribution in [0.3, 0.4) is 0 Å². The van der Waals surface area contributed by atoms with Gasteiger partial charge in [-0.05, 0) is 26.3 Å². The summed E-state index contributed by atoms with van der Waals surface area (Å²) in [5.74, 6) is -28.7. The molecule has 0 radical (unpaired) electrons. The van der Waals surface area contributed by atoms with Crippen LogP contribution in [0.1, 0.15) is 39.2 Å². The number of hydrogen-bond donors (Lipinski definition) is 1. The molecule has 0 aliphatic heterocycles. The van der Waals surface area contributed by atoms with Gasteiger partial charge >= 0.3 is 29.9 Å². The third-order valence-electron chi connectivity index (χ3n) is 4.54. The minimum Gasteiger partial charge on any atom is -0.490 e. The fraction of sp³-hybridized carbons (Fsp3) is 0.667. The number of aliphatic hydroxyl groups is 1. The summed E-state index contributed by atoms with van der Waals surface area (Å²) in [6.07, 6.45) is -10.0. The number of halogens is 11. The van der Waals surface area contributed by atoms with E-state index >= 15 is 0 Å². The standard InChI is InChI=1S/C18H19F11O2/c1-4-10(2)31-12-8-6-5-7-11(12)13(3,30)9-14(19,20)15(21,22)16(23,24)17(25,26)18(27,28)29/h5-8,10,30H,4,9H2,1-3H3. The van der Waals surface area contributed by atoms with Gasteiger partial charge in [0.1, 0.15) is 5.75 Å². The van der Waals surface area contributed by atoms with Gasteiger partial charge in [-0.2, -0.15) is 48.3 Å². The molecule has 1 rings (SSSR count). The van der Waals surface area contributed by atoms with E-state index in [1.54, 1.807) is 6.92 Å². The van der Waals surface area contributed by atoms with Crippen LogP contribution in [-0.4, -0.2) is 41.1 Å². The van der Waals surface area contributed by atoms with Crippen LogP contribution in [0.5, 0.6) is 5.75 Å². The summed E-state index contributed by atoms with van der Waals surface area (Å²) in [6, 6.07) is 4.52. The molecule has 0 fully saturated rings. The Kier molecular flexibility index (Phi) is 7.28. The first-order chi connectivity index (χ1) is 13.7. The van der Waals surface area contributed by atoms with Crippen molar-refractivity contribution >= 4 is 0 Å². The van der Waals surface area contributed by atoms with Crippen LogP contribution in [0, 0.1) is 0 Å². The monoisotopic (exact) mass is 476 g/mol. The Morgan fingerprint density at radius 3 is 1.77 bits per heavy atom. The van der Waals surface area contributed by atoms with E-state index < -0.39 is 53.6 Å². The molecule has 13 heteroatoms. The van der Waals surface area contributed by atoms with Gasteiger partial charge in [-0.3, -0.25) is 0 Å². The maximum atomic E-state index is 14.1. The lowest BCUT2D eigenvalue weighted by Crippen LogP contribution is -2.67. The van der Waals surface area contributed by atoms with E-state index in [-0.39, 0.29) is 5.75 Å². The molecular formula is C18H19F11O2. The van der Waals surface area contributed by atoms with Gasteiger partial charge in [0.05, 0.1) is 18.1 Å². The van der Waals surface area contributed by atoms with Crippen molar-refractivity contribution in [2.24, 2.45) is 0 Å². The van der Waals surface area contributed by atoms with Gasteiger partial charge in [0, 0.05) is 5.56 Å². The average Bonchev–Trinajstić information content (AvgIpc) is 2.59. The van der Waals surface area contributed by atoms with Gasteiger partial charge in [-0.25, -0.2) is 0 Å². The minimum atomic E-state index is -7.52. The number of para-hydroxylation sites is 1. The molecule has 0 aliphatic carbocycles. The molecule has 2 nitrogen and oxygen atoms in total. The quantitative estimate of drug-likeness (QED) is 0.409. The average molecular weight is 476 g/mol. The molecule has 0 aromatic heterocycles. The number of alkyl halides is 11. The van der Waals surface area contributed by atoms with Crippen molar-refractivity contribution in [2.75, 3.05) is 0 Å². The van der Waals surface area contributed by atoms with Crippen molar-refractivity contribution < 1.29 is 58.1 Å². The fourth-order valence-electron chi connectivity index (χ4n) is 2.56. The van der Waals surface area contributed by atoms with Gasteiger partial charge < -0.3 is 9.84 Å². The predicted molar refractivity (Wildman–Crippen MR) is 86.9 cm³/mol. The first kappa shape index (κ1) is 27.2. The minimum absolute atomic E-state index is 0.298. The largest absolute Gasteiger partial charge is 0.490 e. The third kappa shape index (κ3) is 4.85. The zero-order valence-electron chi connectivity index (χ0n) is 16.3. The molecule has 0 aliphatic rings. The van der Waals surface area contributed by atoms with Gasteiger partial charge in [0.25, 0.3) is 0 Å². The number of hydrogen-bond acceptors (Lipinski definition) is 2. The van der Waals surface area contributed by atoms with Crippen molar-refractivity contribution in [2.45, 2.75) is 75.2 Å². The van der Waals surface area contributed by atoms with Gasteiger partial charge in [-0.1, -0.05) is 25.1 Å². The molecule has 31 heavy (non-hydrogen) atoms. The molecule has 1 aromatic carbocycles. The summed E-state index contributed by atoms with van der Waals surface area (Å²) in [7, 11) is 0. The maximum absolute atomic E-state index is 14.1. The first-order valence-corrected chi connectivity index (χ1v) is 8.72. The summed E-state index contributed by atoms with van der Waals surface area (Å²) < 4.78 is 151. The number of ether oxygens (including phenoxy) is 1. The Labute approximate surface area is 170 Å². The molecule has 2 unspecified atom stereocenters. The molecular weight excluding hydrogens is 457 g/mol. The second kappa shape index (κ2) is 8.28. The highest BCUT2D eigenvalue weighted by molar-refractivity contribution is 5.38. The first-order valence-electron chi connectivity index (χ1n) is 8.72. The van der Waals surface area contributed by atoms with Crippen LogP contribution in [0.2, 0.25) is 0 Å². The molecule has 2 atom stereocenters. The van der Waals surface area contributed by atoms with E-state index in [0.29, 0.717) is 13.3 Å². The van der Waals surface area contributed by atoms with Crippen molar-refractivity contribution in [3.63, 3.8) is 0 Å². The molecule has 1 aromatic rings. The van der Waals surface area contributed by atoms with Gasteiger partial charge in [0.15, 0.2) is 0 Å². The Bertz CT molecular complexity index is 757. The van der Waals surface area contributed by atoms with Crippen LogP contribution >= 0.6 is 0 Å². The lowest BCUT2D eigenvalue weighted by atomic mass is 9.84. The van der Waals surface area contributed by atoms with Crippen LogP contribution < -0.4 is 4.74 Å². The van der Waals surface area contributed by atoms with Gasteiger partial charge in [-0.15, -0.1) is 0 Å². The Hall–Kier alpha value is -1.79. The maximum Gasteiger partial charge on any atom is 0.460 e. The van der Waals surface area contributed by atoms with E-state index in [1.165, 1.54) is 13.0 Å². The van der Waals surface area contributed by atoms with Crippen molar-refractivity contribution in [1.82, 2.24) is 0 Å². The Morgan fingerprint density at radius 2 is 1.32 bits per heavy atom.